The van der Waals surface area contributed by atoms with E-state index in [1.807, 2.05) is 21.1 Å². The van der Waals surface area contributed by atoms with Crippen molar-refractivity contribution in [2.24, 2.45) is 0 Å². The van der Waals surface area contributed by atoms with Crippen LogP contribution in [0.15, 0.2) is 24.3 Å². The highest BCUT2D eigenvalue weighted by Crippen LogP contribution is 2.43. The van der Waals surface area contributed by atoms with Gasteiger partial charge in [0.15, 0.2) is 6.10 Å². The van der Waals surface area contributed by atoms with Crippen molar-refractivity contribution >= 4 is 19.8 Å². The Morgan fingerprint density at radius 3 is 1.50 bits per heavy atom. The highest BCUT2D eigenvalue weighted by molar-refractivity contribution is 7.47. The molecule has 2 atom stereocenters. The molecule has 0 aromatic rings. The Balaban J connectivity index is 4.37. The Kier molecular flexibility index (Phi) is 36.1. The second-order valence-corrected chi connectivity index (χ2v) is 17.5. The topological polar surface area (TPSA) is 108 Å². The standard InChI is InChI=1S/C44H84NO8P/c1-6-8-10-12-14-16-18-20-22-24-26-28-30-32-34-36-43(46)50-40-42(41-52-54(48,49)51-39-38-45(3,4)5)53-44(47)37-35-33-31-29-27-25-23-21-19-17-15-13-11-9-7-2/h15,17,21,23,42H,6-14,16,18-20,22,24-41H2,1-5H3/p+1/b17-15-,23-21-/t42-/m1/s1. The number of hydrogen-bond acceptors (Lipinski definition) is 7. The van der Waals surface area contributed by atoms with Crippen LogP contribution in [-0.2, 0) is 32.7 Å². The van der Waals surface area contributed by atoms with E-state index in [1.54, 1.807) is 0 Å². The van der Waals surface area contributed by atoms with Crippen LogP contribution in [0.2, 0.25) is 0 Å². The van der Waals surface area contributed by atoms with Gasteiger partial charge in [-0.1, -0.05) is 160 Å². The molecule has 1 unspecified atom stereocenters. The second kappa shape index (κ2) is 37.1. The Morgan fingerprint density at radius 1 is 0.574 bits per heavy atom. The number of esters is 2. The van der Waals surface area contributed by atoms with Gasteiger partial charge in [-0.25, -0.2) is 4.57 Å². The molecule has 0 saturated heterocycles. The lowest BCUT2D eigenvalue weighted by Gasteiger charge is -2.24. The van der Waals surface area contributed by atoms with Gasteiger partial charge in [0.1, 0.15) is 19.8 Å². The molecular formula is C44H85NO8P+. The number of rotatable bonds is 40. The molecule has 1 N–H and O–H groups in total. The fraction of sp³-hybridized carbons (Fsp3) is 0.864. The molecule has 0 rings (SSSR count). The highest BCUT2D eigenvalue weighted by atomic mass is 31.2. The maximum atomic E-state index is 12.7. The van der Waals surface area contributed by atoms with Gasteiger partial charge in [0.25, 0.3) is 0 Å². The summed E-state index contributed by atoms with van der Waals surface area (Å²) in [7, 11) is 1.47. The number of carbonyl (C=O) groups excluding carboxylic acids is 2. The van der Waals surface area contributed by atoms with Crippen LogP contribution in [0.5, 0.6) is 0 Å². The summed E-state index contributed by atoms with van der Waals surface area (Å²) in [5.74, 6) is -0.808. The first-order chi connectivity index (χ1) is 26.0. The van der Waals surface area contributed by atoms with E-state index in [0.29, 0.717) is 23.9 Å². The van der Waals surface area contributed by atoms with Gasteiger partial charge in [-0.2, -0.15) is 0 Å². The lowest BCUT2D eigenvalue weighted by molar-refractivity contribution is -0.870. The number of likely N-dealkylation sites (N-methyl/N-ethyl adjacent to an activating group) is 1. The van der Waals surface area contributed by atoms with Crippen LogP contribution >= 0.6 is 7.82 Å². The largest absolute Gasteiger partial charge is 0.472 e. The van der Waals surface area contributed by atoms with E-state index >= 15 is 0 Å². The monoisotopic (exact) mass is 787 g/mol. The van der Waals surface area contributed by atoms with E-state index in [4.69, 9.17) is 18.5 Å². The molecule has 0 aliphatic rings. The normalized spacial score (nSPS) is 13.8. The molecule has 0 heterocycles. The summed E-state index contributed by atoms with van der Waals surface area (Å²) in [5.41, 5.74) is 0. The quantitative estimate of drug-likeness (QED) is 0.0215. The zero-order valence-corrected chi connectivity index (χ0v) is 36.6. The SMILES string of the molecule is CCCCC/C=C\C/C=C\CCCCCCCC(=O)O[C@H](COC(=O)CCCCCCCCCCCCCCCCC)COP(=O)(O)OCC[N+](C)(C)C. The van der Waals surface area contributed by atoms with Crippen molar-refractivity contribution in [3.8, 4) is 0 Å². The average molecular weight is 787 g/mol. The van der Waals surface area contributed by atoms with Gasteiger partial charge >= 0.3 is 19.8 Å². The summed E-state index contributed by atoms with van der Waals surface area (Å²) in [5, 5.41) is 0. The fourth-order valence-electron chi connectivity index (χ4n) is 5.99. The summed E-state index contributed by atoms with van der Waals surface area (Å²) >= 11 is 0. The Labute approximate surface area is 332 Å². The first-order valence-corrected chi connectivity index (χ1v) is 23.6. The van der Waals surface area contributed by atoms with Crippen LogP contribution in [0.25, 0.3) is 0 Å². The number of allylic oxidation sites excluding steroid dienone is 4. The van der Waals surface area contributed by atoms with E-state index in [-0.39, 0.29) is 25.6 Å². The maximum Gasteiger partial charge on any atom is 0.472 e. The van der Waals surface area contributed by atoms with Crippen molar-refractivity contribution in [3.63, 3.8) is 0 Å². The van der Waals surface area contributed by atoms with E-state index in [2.05, 4.69) is 38.2 Å². The Hall–Kier alpha value is -1.51. The van der Waals surface area contributed by atoms with Gasteiger partial charge in [-0.3, -0.25) is 18.6 Å². The molecule has 0 radical (unpaired) electrons. The lowest BCUT2D eigenvalue weighted by atomic mass is 10.0. The van der Waals surface area contributed by atoms with Crippen molar-refractivity contribution in [2.75, 3.05) is 47.5 Å². The minimum absolute atomic E-state index is 0.0306. The number of phosphoric ester groups is 1. The number of quaternary nitrogens is 1. The molecule has 0 bridgehead atoms. The van der Waals surface area contributed by atoms with Gasteiger partial charge in [0.05, 0.1) is 27.7 Å². The summed E-state index contributed by atoms with van der Waals surface area (Å²) in [6.07, 6.45) is 39.3. The zero-order valence-electron chi connectivity index (χ0n) is 35.7. The minimum atomic E-state index is -4.37. The molecule has 0 spiro atoms. The molecule has 0 aromatic carbocycles. The van der Waals surface area contributed by atoms with Crippen molar-refractivity contribution in [1.82, 2.24) is 0 Å². The number of hydrogen-bond donors (Lipinski definition) is 1. The summed E-state index contributed by atoms with van der Waals surface area (Å²) < 4.78 is 34.3. The predicted molar refractivity (Wildman–Crippen MR) is 224 cm³/mol. The van der Waals surface area contributed by atoms with E-state index in [9.17, 15) is 19.0 Å². The molecular weight excluding hydrogens is 701 g/mol. The number of nitrogens with zero attached hydrogens (tertiary/aromatic N) is 1. The van der Waals surface area contributed by atoms with Crippen LogP contribution in [-0.4, -0.2) is 74.9 Å². The molecule has 0 aliphatic carbocycles. The first kappa shape index (κ1) is 52.5. The highest BCUT2D eigenvalue weighted by Gasteiger charge is 2.27. The molecule has 318 valence electrons. The van der Waals surface area contributed by atoms with Gasteiger partial charge in [0, 0.05) is 12.8 Å². The predicted octanol–water partition coefficient (Wildman–Crippen LogP) is 12.4. The van der Waals surface area contributed by atoms with Crippen LogP contribution in [0.4, 0.5) is 0 Å². The van der Waals surface area contributed by atoms with Crippen molar-refractivity contribution < 1.29 is 42.1 Å². The first-order valence-electron chi connectivity index (χ1n) is 22.1. The minimum Gasteiger partial charge on any atom is -0.462 e. The molecule has 0 saturated carbocycles. The van der Waals surface area contributed by atoms with E-state index in [1.165, 1.54) is 103 Å². The number of carbonyl (C=O) groups is 2. The smallest absolute Gasteiger partial charge is 0.462 e. The number of ether oxygens (including phenoxy) is 2. The Bertz CT molecular complexity index is 980. The summed E-state index contributed by atoms with van der Waals surface area (Å²) in [6.45, 7) is 4.39. The van der Waals surface area contributed by atoms with Gasteiger partial charge in [0.2, 0.25) is 0 Å². The lowest BCUT2D eigenvalue weighted by Crippen LogP contribution is -2.37. The number of phosphoric acid groups is 1. The van der Waals surface area contributed by atoms with E-state index < -0.39 is 26.5 Å². The molecule has 9 nitrogen and oxygen atoms in total. The van der Waals surface area contributed by atoms with Gasteiger partial charge < -0.3 is 18.9 Å². The van der Waals surface area contributed by atoms with E-state index in [0.717, 1.165) is 57.8 Å². The second-order valence-electron chi connectivity index (χ2n) is 16.1. The molecule has 0 aromatic heterocycles. The third-order valence-electron chi connectivity index (χ3n) is 9.48. The summed E-state index contributed by atoms with van der Waals surface area (Å²) in [4.78, 5) is 35.3. The van der Waals surface area contributed by atoms with Gasteiger partial charge in [-0.15, -0.1) is 0 Å². The van der Waals surface area contributed by atoms with Crippen molar-refractivity contribution in [3.05, 3.63) is 24.3 Å². The van der Waals surface area contributed by atoms with Crippen LogP contribution in [0, 0.1) is 0 Å². The van der Waals surface area contributed by atoms with Crippen LogP contribution in [0.3, 0.4) is 0 Å². The zero-order chi connectivity index (χ0) is 40.0. The molecule has 10 heteroatoms. The fourth-order valence-corrected chi connectivity index (χ4v) is 6.73. The third kappa shape index (κ3) is 40.2. The van der Waals surface area contributed by atoms with Crippen LogP contribution in [0.1, 0.15) is 194 Å². The average Bonchev–Trinajstić information content (AvgIpc) is 3.12. The Morgan fingerprint density at radius 2 is 1.00 bits per heavy atom. The van der Waals surface area contributed by atoms with Gasteiger partial charge in [-0.05, 0) is 44.9 Å². The van der Waals surface area contributed by atoms with Crippen molar-refractivity contribution in [1.29, 1.82) is 0 Å². The maximum absolute atomic E-state index is 12.7. The molecule has 54 heavy (non-hydrogen) atoms. The number of unbranched alkanes of at least 4 members (excludes halogenated alkanes) is 22. The molecule has 0 aliphatic heterocycles. The summed E-state index contributed by atoms with van der Waals surface area (Å²) in [6, 6.07) is 0. The molecule has 0 fully saturated rings. The molecule has 0 amide bonds. The third-order valence-corrected chi connectivity index (χ3v) is 10.5. The van der Waals surface area contributed by atoms with Crippen LogP contribution < -0.4 is 0 Å². The van der Waals surface area contributed by atoms with Crippen molar-refractivity contribution in [2.45, 2.75) is 200 Å².